The second-order valence-electron chi connectivity index (χ2n) is 6.42. The van der Waals surface area contributed by atoms with Crippen LogP contribution in [0, 0.1) is 5.82 Å². The van der Waals surface area contributed by atoms with E-state index in [1.54, 1.807) is 0 Å². The van der Waals surface area contributed by atoms with Crippen LogP contribution in [0.4, 0.5) is 17.6 Å². The standard InChI is InChI=1S/C16H20F4N2O/c17-13-10-21-14(16(18,19)20)9-12(13)11-22-6-1-3-15(5-7-22)4-2-8-23-15/h9-10H,1-8,11H2. The highest BCUT2D eigenvalue weighted by molar-refractivity contribution is 5.20. The zero-order valence-electron chi connectivity index (χ0n) is 12.8. The summed E-state index contributed by atoms with van der Waals surface area (Å²) in [6, 6.07) is 0.821. The van der Waals surface area contributed by atoms with E-state index in [1.807, 2.05) is 4.90 Å². The smallest absolute Gasteiger partial charge is 0.375 e. The van der Waals surface area contributed by atoms with Crippen LogP contribution in [0.2, 0.25) is 0 Å². The summed E-state index contributed by atoms with van der Waals surface area (Å²) >= 11 is 0. The molecule has 1 aromatic rings. The molecule has 128 valence electrons. The molecule has 3 nitrogen and oxygen atoms in total. The van der Waals surface area contributed by atoms with E-state index in [0.717, 1.165) is 51.3 Å². The van der Waals surface area contributed by atoms with E-state index in [1.165, 1.54) is 0 Å². The first kappa shape index (κ1) is 16.6. The fourth-order valence-electron chi connectivity index (χ4n) is 3.53. The molecular weight excluding hydrogens is 312 g/mol. The highest BCUT2D eigenvalue weighted by Crippen LogP contribution is 2.36. The summed E-state index contributed by atoms with van der Waals surface area (Å²) in [6.07, 6.45) is 0.956. The molecule has 2 fully saturated rings. The third-order valence-corrected chi connectivity index (χ3v) is 4.79. The molecule has 1 aromatic heterocycles. The minimum Gasteiger partial charge on any atom is -0.375 e. The van der Waals surface area contributed by atoms with Gasteiger partial charge in [0.1, 0.15) is 11.5 Å². The quantitative estimate of drug-likeness (QED) is 0.771. The van der Waals surface area contributed by atoms with Gasteiger partial charge in [0, 0.05) is 25.3 Å². The second-order valence-corrected chi connectivity index (χ2v) is 6.42. The average Bonchev–Trinajstić information content (AvgIpc) is 2.85. The van der Waals surface area contributed by atoms with Crippen LogP contribution in [-0.4, -0.2) is 35.2 Å². The van der Waals surface area contributed by atoms with Crippen molar-refractivity contribution in [3.63, 3.8) is 0 Å². The third kappa shape index (κ3) is 3.83. The first-order valence-corrected chi connectivity index (χ1v) is 7.96. The Bertz CT molecular complexity index is 556. The molecule has 0 aromatic carbocycles. The van der Waals surface area contributed by atoms with E-state index in [2.05, 4.69) is 4.98 Å². The fraction of sp³-hybridized carbons (Fsp3) is 0.688. The Balaban J connectivity index is 1.69. The van der Waals surface area contributed by atoms with Crippen molar-refractivity contribution in [2.75, 3.05) is 19.7 Å². The third-order valence-electron chi connectivity index (χ3n) is 4.79. The van der Waals surface area contributed by atoms with Crippen molar-refractivity contribution >= 4 is 0 Å². The monoisotopic (exact) mass is 332 g/mol. The van der Waals surface area contributed by atoms with Crippen molar-refractivity contribution in [3.05, 3.63) is 29.3 Å². The van der Waals surface area contributed by atoms with E-state index in [-0.39, 0.29) is 17.7 Å². The van der Waals surface area contributed by atoms with E-state index in [0.29, 0.717) is 12.7 Å². The molecule has 2 aliphatic heterocycles. The van der Waals surface area contributed by atoms with Gasteiger partial charge in [0.05, 0.1) is 11.8 Å². The Morgan fingerprint density at radius 1 is 1.17 bits per heavy atom. The minimum atomic E-state index is -4.55. The van der Waals surface area contributed by atoms with E-state index in [9.17, 15) is 17.6 Å². The van der Waals surface area contributed by atoms with Gasteiger partial charge in [0.2, 0.25) is 0 Å². The number of aromatic nitrogens is 1. The predicted octanol–water partition coefficient (Wildman–Crippen LogP) is 3.77. The molecule has 0 bridgehead atoms. The van der Waals surface area contributed by atoms with Gasteiger partial charge in [-0.3, -0.25) is 4.90 Å². The zero-order chi connectivity index (χ0) is 16.5. The van der Waals surface area contributed by atoms with Crippen LogP contribution in [0.15, 0.2) is 12.3 Å². The molecule has 0 saturated carbocycles. The Hall–Kier alpha value is -1.21. The highest BCUT2D eigenvalue weighted by Gasteiger charge is 2.37. The zero-order valence-corrected chi connectivity index (χ0v) is 12.8. The van der Waals surface area contributed by atoms with Gasteiger partial charge >= 0.3 is 6.18 Å². The maximum atomic E-state index is 13.8. The maximum absolute atomic E-state index is 13.8. The largest absolute Gasteiger partial charge is 0.433 e. The normalized spacial score (nSPS) is 26.6. The van der Waals surface area contributed by atoms with Crippen molar-refractivity contribution in [1.82, 2.24) is 9.88 Å². The summed E-state index contributed by atoms with van der Waals surface area (Å²) in [5, 5.41) is 0. The van der Waals surface area contributed by atoms with Crippen LogP contribution < -0.4 is 0 Å². The topological polar surface area (TPSA) is 25.4 Å². The number of rotatable bonds is 2. The Labute approximate surface area is 132 Å². The van der Waals surface area contributed by atoms with Gasteiger partial charge in [-0.1, -0.05) is 0 Å². The highest BCUT2D eigenvalue weighted by atomic mass is 19.4. The van der Waals surface area contributed by atoms with Gasteiger partial charge in [-0.15, -0.1) is 0 Å². The number of hydrogen-bond donors (Lipinski definition) is 0. The fourth-order valence-corrected chi connectivity index (χ4v) is 3.53. The summed E-state index contributed by atoms with van der Waals surface area (Å²) in [4.78, 5) is 5.15. The van der Waals surface area contributed by atoms with E-state index < -0.39 is 17.7 Å². The number of pyridine rings is 1. The summed E-state index contributed by atoms with van der Waals surface area (Å²) < 4.78 is 57.9. The molecule has 3 rings (SSSR count). The molecule has 0 N–H and O–H groups in total. The van der Waals surface area contributed by atoms with Crippen LogP contribution in [-0.2, 0) is 17.5 Å². The van der Waals surface area contributed by atoms with Gasteiger partial charge in [0.25, 0.3) is 0 Å². The summed E-state index contributed by atoms with van der Waals surface area (Å²) in [5.41, 5.74) is -1.06. The molecule has 1 spiro atoms. The first-order valence-electron chi connectivity index (χ1n) is 7.96. The van der Waals surface area contributed by atoms with Gasteiger partial charge in [-0.2, -0.15) is 13.2 Å². The van der Waals surface area contributed by atoms with Crippen molar-refractivity contribution in [3.8, 4) is 0 Å². The summed E-state index contributed by atoms with van der Waals surface area (Å²) in [7, 11) is 0. The van der Waals surface area contributed by atoms with Crippen LogP contribution >= 0.6 is 0 Å². The summed E-state index contributed by atoms with van der Waals surface area (Å²) in [5.74, 6) is -0.686. The predicted molar refractivity (Wildman–Crippen MR) is 76.2 cm³/mol. The van der Waals surface area contributed by atoms with Gasteiger partial charge in [-0.25, -0.2) is 9.37 Å². The number of nitrogens with zero attached hydrogens (tertiary/aromatic N) is 2. The number of ether oxygens (including phenoxy) is 1. The molecule has 3 heterocycles. The molecular formula is C16H20F4N2O. The Morgan fingerprint density at radius 3 is 2.65 bits per heavy atom. The van der Waals surface area contributed by atoms with Crippen molar-refractivity contribution < 1.29 is 22.3 Å². The van der Waals surface area contributed by atoms with E-state index >= 15 is 0 Å². The molecule has 0 aliphatic carbocycles. The Morgan fingerprint density at radius 2 is 1.96 bits per heavy atom. The first-order chi connectivity index (χ1) is 10.9. The van der Waals surface area contributed by atoms with Gasteiger partial charge in [-0.05, 0) is 44.7 Å². The lowest BCUT2D eigenvalue weighted by molar-refractivity contribution is -0.141. The van der Waals surface area contributed by atoms with E-state index in [4.69, 9.17) is 4.74 Å². The molecule has 0 amide bonds. The number of hydrogen-bond acceptors (Lipinski definition) is 3. The van der Waals surface area contributed by atoms with Gasteiger partial charge in [0.15, 0.2) is 0 Å². The number of halogens is 4. The van der Waals surface area contributed by atoms with Crippen LogP contribution in [0.3, 0.4) is 0 Å². The van der Waals surface area contributed by atoms with Gasteiger partial charge < -0.3 is 4.74 Å². The Kier molecular flexibility index (Phi) is 4.60. The van der Waals surface area contributed by atoms with Crippen molar-refractivity contribution in [2.45, 2.75) is 50.4 Å². The lowest BCUT2D eigenvalue weighted by Crippen LogP contribution is -2.30. The number of likely N-dealkylation sites (tertiary alicyclic amines) is 1. The maximum Gasteiger partial charge on any atom is 0.433 e. The second kappa shape index (κ2) is 6.36. The summed E-state index contributed by atoms with van der Waals surface area (Å²) in [6.45, 7) is 2.42. The van der Waals surface area contributed by atoms with Crippen LogP contribution in [0.1, 0.15) is 43.4 Å². The molecule has 7 heteroatoms. The minimum absolute atomic E-state index is 0.0515. The molecule has 1 unspecified atom stereocenters. The lowest BCUT2D eigenvalue weighted by atomic mass is 9.92. The molecule has 2 saturated heterocycles. The van der Waals surface area contributed by atoms with Crippen LogP contribution in [0.5, 0.6) is 0 Å². The lowest BCUT2D eigenvalue weighted by Gasteiger charge is -2.27. The van der Waals surface area contributed by atoms with Crippen molar-refractivity contribution in [1.29, 1.82) is 0 Å². The van der Waals surface area contributed by atoms with Crippen molar-refractivity contribution in [2.24, 2.45) is 0 Å². The average molecular weight is 332 g/mol. The molecule has 23 heavy (non-hydrogen) atoms. The number of alkyl halides is 3. The molecule has 0 radical (unpaired) electrons. The SMILES string of the molecule is Fc1cnc(C(F)(F)F)cc1CN1CCCC2(CCCO2)CC1. The molecule has 2 aliphatic rings. The van der Waals surface area contributed by atoms with Crippen LogP contribution in [0.25, 0.3) is 0 Å². The molecule has 1 atom stereocenters.